The van der Waals surface area contributed by atoms with Crippen LogP contribution in [0, 0.1) is 6.92 Å². The number of carboxylic acid groups (broad SMARTS) is 1. The molecule has 0 fully saturated rings. The maximum Gasteiger partial charge on any atom is 0.336 e. The average molecular weight is 299 g/mol. The fourth-order valence-corrected chi connectivity index (χ4v) is 3.07. The Bertz CT molecular complexity index is 772. The lowest BCUT2D eigenvalue weighted by Crippen LogP contribution is -2.36. The van der Waals surface area contributed by atoms with Crippen molar-refractivity contribution in [2.24, 2.45) is 0 Å². The Hall–Kier alpha value is -2.11. The van der Waals surface area contributed by atoms with Gasteiger partial charge in [0.15, 0.2) is 0 Å². The molecule has 0 atom stereocenters. The predicted molar refractivity (Wildman–Crippen MR) is 88.0 cm³/mol. The van der Waals surface area contributed by atoms with Crippen LogP contribution in [0.15, 0.2) is 24.4 Å². The SMILES string of the molecule is Cc1cn(C(C)C)c2cc(C3=CCNNC3)cc(C(=O)O)c12. The fraction of sp³-hybridized carbons (Fsp3) is 0.353. The van der Waals surface area contributed by atoms with Crippen LogP contribution < -0.4 is 10.9 Å². The van der Waals surface area contributed by atoms with Gasteiger partial charge < -0.3 is 9.67 Å². The van der Waals surface area contributed by atoms with E-state index in [2.05, 4.69) is 41.4 Å². The van der Waals surface area contributed by atoms with Gasteiger partial charge in [0.2, 0.25) is 0 Å². The highest BCUT2D eigenvalue weighted by atomic mass is 16.4. The highest BCUT2D eigenvalue weighted by Crippen LogP contribution is 2.31. The third-order valence-corrected chi connectivity index (χ3v) is 4.13. The molecule has 22 heavy (non-hydrogen) atoms. The number of nitrogens with one attached hydrogen (secondary N) is 2. The third-order valence-electron chi connectivity index (χ3n) is 4.13. The van der Waals surface area contributed by atoms with Crippen molar-refractivity contribution in [1.82, 2.24) is 15.4 Å². The van der Waals surface area contributed by atoms with Gasteiger partial charge in [-0.3, -0.25) is 10.9 Å². The second-order valence-corrected chi connectivity index (χ2v) is 6.00. The van der Waals surface area contributed by atoms with Gasteiger partial charge in [0.05, 0.1) is 5.56 Å². The second kappa shape index (κ2) is 5.59. The molecule has 2 heterocycles. The Morgan fingerprint density at radius 2 is 2.09 bits per heavy atom. The molecule has 0 saturated heterocycles. The van der Waals surface area contributed by atoms with Gasteiger partial charge in [-0.2, -0.15) is 0 Å². The predicted octanol–water partition coefficient (Wildman–Crippen LogP) is 2.72. The number of nitrogens with zero attached hydrogens (tertiary/aromatic N) is 1. The van der Waals surface area contributed by atoms with Gasteiger partial charge in [0.1, 0.15) is 0 Å². The van der Waals surface area contributed by atoms with Crippen LogP contribution in [-0.2, 0) is 0 Å². The maximum atomic E-state index is 11.7. The number of hydrogen-bond donors (Lipinski definition) is 3. The number of aromatic nitrogens is 1. The summed E-state index contributed by atoms with van der Waals surface area (Å²) in [6, 6.07) is 4.18. The van der Waals surface area contributed by atoms with Crippen molar-refractivity contribution < 1.29 is 9.90 Å². The average Bonchev–Trinajstić information content (AvgIpc) is 2.84. The molecule has 0 radical (unpaired) electrons. The molecule has 0 saturated carbocycles. The van der Waals surface area contributed by atoms with Gasteiger partial charge in [-0.1, -0.05) is 6.08 Å². The summed E-state index contributed by atoms with van der Waals surface area (Å²) in [7, 11) is 0. The Balaban J connectivity index is 2.30. The summed E-state index contributed by atoms with van der Waals surface area (Å²) < 4.78 is 2.15. The first-order chi connectivity index (χ1) is 10.5. The van der Waals surface area contributed by atoms with Crippen molar-refractivity contribution in [3.05, 3.63) is 41.1 Å². The molecular weight excluding hydrogens is 278 g/mol. The van der Waals surface area contributed by atoms with E-state index in [-0.39, 0.29) is 6.04 Å². The molecule has 116 valence electrons. The van der Waals surface area contributed by atoms with Crippen molar-refractivity contribution in [3.8, 4) is 0 Å². The summed E-state index contributed by atoms with van der Waals surface area (Å²) in [6.07, 6.45) is 4.14. The third kappa shape index (κ3) is 2.42. The van der Waals surface area contributed by atoms with E-state index < -0.39 is 5.97 Å². The van der Waals surface area contributed by atoms with Crippen LogP contribution in [0.1, 0.15) is 41.4 Å². The van der Waals surface area contributed by atoms with Crippen LogP contribution in [0.3, 0.4) is 0 Å². The number of hydrogen-bond acceptors (Lipinski definition) is 3. The lowest BCUT2D eigenvalue weighted by Gasteiger charge is -2.17. The van der Waals surface area contributed by atoms with Crippen molar-refractivity contribution in [2.45, 2.75) is 26.8 Å². The van der Waals surface area contributed by atoms with Gasteiger partial charge in [-0.15, -0.1) is 0 Å². The molecule has 5 nitrogen and oxygen atoms in total. The summed E-state index contributed by atoms with van der Waals surface area (Å²) >= 11 is 0. The van der Waals surface area contributed by atoms with Crippen molar-refractivity contribution in [1.29, 1.82) is 0 Å². The first-order valence-corrected chi connectivity index (χ1v) is 7.52. The first kappa shape index (κ1) is 14.8. The molecule has 5 heteroatoms. The zero-order valence-electron chi connectivity index (χ0n) is 13.1. The number of aryl methyl sites for hydroxylation is 1. The summed E-state index contributed by atoms with van der Waals surface area (Å²) in [5.41, 5.74) is 10.6. The van der Waals surface area contributed by atoms with Crippen LogP contribution >= 0.6 is 0 Å². The minimum absolute atomic E-state index is 0.285. The molecule has 1 aliphatic heterocycles. The van der Waals surface area contributed by atoms with E-state index in [1.807, 2.05) is 13.1 Å². The van der Waals surface area contributed by atoms with Gasteiger partial charge in [0.25, 0.3) is 0 Å². The second-order valence-electron chi connectivity index (χ2n) is 6.00. The topological polar surface area (TPSA) is 66.3 Å². The van der Waals surface area contributed by atoms with Gasteiger partial charge in [-0.25, -0.2) is 4.79 Å². The Morgan fingerprint density at radius 3 is 2.68 bits per heavy atom. The molecule has 0 unspecified atom stereocenters. The van der Waals surface area contributed by atoms with E-state index in [1.165, 1.54) is 0 Å². The standard InChI is InChI=1S/C17H21N3O2/c1-10(2)20-9-11(3)16-14(17(21)22)6-13(7-15(16)20)12-4-5-18-19-8-12/h4,6-7,9-10,18-19H,5,8H2,1-3H3,(H,21,22). The molecule has 3 N–H and O–H groups in total. The number of fused-ring (bicyclic) bond motifs is 1. The van der Waals surface area contributed by atoms with Crippen LogP contribution in [0.4, 0.5) is 0 Å². The van der Waals surface area contributed by atoms with Crippen LogP contribution in [0.2, 0.25) is 0 Å². The quantitative estimate of drug-likeness (QED) is 0.815. The molecule has 1 aliphatic rings. The molecule has 3 rings (SSSR count). The fourth-order valence-electron chi connectivity index (χ4n) is 3.07. The number of aromatic carboxylic acids is 1. The summed E-state index contributed by atoms with van der Waals surface area (Å²) in [6.45, 7) is 7.61. The Kier molecular flexibility index (Phi) is 3.76. The lowest BCUT2D eigenvalue weighted by molar-refractivity contribution is 0.0699. The minimum Gasteiger partial charge on any atom is -0.478 e. The molecule has 0 spiro atoms. The van der Waals surface area contributed by atoms with Gasteiger partial charge >= 0.3 is 5.97 Å². The first-order valence-electron chi connectivity index (χ1n) is 7.52. The minimum atomic E-state index is -0.876. The maximum absolute atomic E-state index is 11.7. The van der Waals surface area contributed by atoms with E-state index in [1.54, 1.807) is 6.07 Å². The molecule has 0 amide bonds. The van der Waals surface area contributed by atoms with Crippen LogP contribution in [0.5, 0.6) is 0 Å². The molecule has 0 bridgehead atoms. The molecule has 2 aromatic rings. The molecule has 1 aromatic carbocycles. The van der Waals surface area contributed by atoms with E-state index in [0.717, 1.165) is 34.1 Å². The monoisotopic (exact) mass is 299 g/mol. The highest BCUT2D eigenvalue weighted by molar-refractivity contribution is 6.06. The van der Waals surface area contributed by atoms with Crippen molar-refractivity contribution in [3.63, 3.8) is 0 Å². The summed E-state index contributed by atoms with van der Waals surface area (Å²) in [5, 5.41) is 10.5. The largest absolute Gasteiger partial charge is 0.478 e. The lowest BCUT2D eigenvalue weighted by atomic mass is 9.98. The number of hydrazine groups is 1. The number of carbonyl (C=O) groups is 1. The van der Waals surface area contributed by atoms with E-state index in [0.29, 0.717) is 12.1 Å². The smallest absolute Gasteiger partial charge is 0.336 e. The molecular formula is C17H21N3O2. The van der Waals surface area contributed by atoms with Gasteiger partial charge in [0, 0.05) is 36.2 Å². The normalized spacial score (nSPS) is 15.4. The number of rotatable bonds is 3. The summed E-state index contributed by atoms with van der Waals surface area (Å²) in [4.78, 5) is 11.7. The van der Waals surface area contributed by atoms with E-state index in [9.17, 15) is 9.90 Å². The van der Waals surface area contributed by atoms with E-state index >= 15 is 0 Å². The number of carboxylic acids is 1. The van der Waals surface area contributed by atoms with Crippen molar-refractivity contribution in [2.75, 3.05) is 13.1 Å². The van der Waals surface area contributed by atoms with Crippen molar-refractivity contribution >= 4 is 22.4 Å². The Labute approximate surface area is 129 Å². The number of benzene rings is 1. The zero-order chi connectivity index (χ0) is 15.9. The zero-order valence-corrected chi connectivity index (χ0v) is 13.1. The highest BCUT2D eigenvalue weighted by Gasteiger charge is 2.19. The van der Waals surface area contributed by atoms with Crippen LogP contribution in [0.25, 0.3) is 16.5 Å². The Morgan fingerprint density at radius 1 is 1.32 bits per heavy atom. The van der Waals surface area contributed by atoms with Crippen LogP contribution in [-0.4, -0.2) is 28.7 Å². The summed E-state index contributed by atoms with van der Waals surface area (Å²) in [5.74, 6) is -0.876. The molecule has 0 aliphatic carbocycles. The van der Waals surface area contributed by atoms with Gasteiger partial charge in [-0.05, 0) is 49.6 Å². The van der Waals surface area contributed by atoms with E-state index in [4.69, 9.17) is 0 Å². The molecule has 1 aromatic heterocycles.